The number of aliphatic imine (C=N–C) groups is 1. The van der Waals surface area contributed by atoms with Gasteiger partial charge in [0.1, 0.15) is 42.3 Å². The molecule has 2 aliphatic heterocycles. The quantitative estimate of drug-likeness (QED) is 0.0413. The van der Waals surface area contributed by atoms with Crippen LogP contribution in [-0.4, -0.2) is 142 Å². The maximum Gasteiger partial charge on any atom is 0.246 e. The monoisotopic (exact) mass is 1140 g/mol. The second-order valence-electron chi connectivity index (χ2n) is 20.9. The number of hydrogen-bond donors (Lipinski definition) is 10. The summed E-state index contributed by atoms with van der Waals surface area (Å²) in [7, 11) is 2.62. The lowest BCUT2D eigenvalue weighted by atomic mass is 9.85. The summed E-state index contributed by atoms with van der Waals surface area (Å²) in [5.74, 6) is -8.39. The third-order valence-electron chi connectivity index (χ3n) is 14.4. The van der Waals surface area contributed by atoms with Crippen molar-refractivity contribution in [3.63, 3.8) is 0 Å². The molecule has 7 atom stereocenters. The van der Waals surface area contributed by atoms with E-state index in [1.54, 1.807) is 57.2 Å². The molecule has 3 aromatic rings. The lowest BCUT2D eigenvalue weighted by Gasteiger charge is -2.39. The van der Waals surface area contributed by atoms with Gasteiger partial charge in [-0.15, -0.1) is 0 Å². The summed E-state index contributed by atoms with van der Waals surface area (Å²) in [6.45, 7) is 4.60. The molecule has 6 rings (SSSR count). The van der Waals surface area contributed by atoms with E-state index in [0.29, 0.717) is 35.9 Å². The van der Waals surface area contributed by atoms with Crippen molar-refractivity contribution >= 4 is 103 Å². The standard InChI is InChI=1S/C55H75N13O10S2/c1-32(2)46-52(77)64-39(28-43(56)69)49(74)65-40(53(78)67-26-14-22-42(67)51(76)62-37(20-13-25-60-54(58)59)48(73)61-30-44(57)70)31-79-80-55(23-10-5-11-24-55)29-45(71)68(41-21-12-18-35-17-8-9-19-36(35)41)33(3)47(72)63-38(50(75)66-46)27-34-15-6-4-7-16-34/h4,6-9,12,15-19,21,32-33,37-40,42,46H,5,10-11,13-14,20,22-31H2,1-3H3,(H2,56,69)(H2,57,70)(H,61,73)(H,62,76)(H,63,72)(H,64,77)(H,65,74)(H,66,75)(H4,58,59,60)/t33-,37+,38+,39?,40+,42+,46?/m1/s1. The van der Waals surface area contributed by atoms with Gasteiger partial charge in [0, 0.05) is 41.8 Å². The van der Waals surface area contributed by atoms with Crippen molar-refractivity contribution in [3.05, 3.63) is 78.4 Å². The molecule has 80 heavy (non-hydrogen) atoms. The van der Waals surface area contributed by atoms with Crippen molar-refractivity contribution in [2.24, 2.45) is 33.8 Å². The van der Waals surface area contributed by atoms with Crippen molar-refractivity contribution < 1.29 is 47.9 Å². The summed E-state index contributed by atoms with van der Waals surface area (Å²) in [6, 6.07) is 12.8. The number of amides is 10. The predicted octanol–water partition coefficient (Wildman–Crippen LogP) is 0.894. The molecule has 10 amide bonds. The number of fused-ring (bicyclic) bond motifs is 1. The molecule has 0 bridgehead atoms. The van der Waals surface area contributed by atoms with Crippen molar-refractivity contribution in [3.8, 4) is 0 Å². The first-order chi connectivity index (χ1) is 38.2. The number of nitrogens with zero attached hydrogens (tertiary/aromatic N) is 3. The van der Waals surface area contributed by atoms with Crippen LogP contribution in [0.2, 0.25) is 0 Å². The first-order valence-corrected chi connectivity index (χ1v) is 29.3. The first kappa shape index (κ1) is 61.8. The van der Waals surface area contributed by atoms with E-state index in [1.807, 2.05) is 36.4 Å². The molecule has 14 N–H and O–H groups in total. The maximum atomic E-state index is 15.4. The van der Waals surface area contributed by atoms with E-state index in [2.05, 4.69) is 36.9 Å². The summed E-state index contributed by atoms with van der Waals surface area (Å²) in [5, 5.41) is 17.7. The Morgan fingerprint density at radius 2 is 1.45 bits per heavy atom. The van der Waals surface area contributed by atoms with Gasteiger partial charge in [-0.3, -0.25) is 57.8 Å². The van der Waals surface area contributed by atoms with Gasteiger partial charge in [-0.1, -0.05) is 121 Å². The van der Waals surface area contributed by atoms with E-state index >= 15 is 9.59 Å². The summed E-state index contributed by atoms with van der Waals surface area (Å²) in [4.78, 5) is 147. The number of primary amides is 2. The Labute approximate surface area is 473 Å². The topological polar surface area (TPSA) is 366 Å². The number of carbonyl (C=O) groups is 10. The molecule has 0 aromatic heterocycles. The van der Waals surface area contributed by atoms with Crippen molar-refractivity contribution in [1.82, 2.24) is 36.8 Å². The van der Waals surface area contributed by atoms with Crippen molar-refractivity contribution in [1.29, 1.82) is 0 Å². The summed E-state index contributed by atoms with van der Waals surface area (Å²) >= 11 is 0. The zero-order valence-electron chi connectivity index (χ0n) is 45.4. The van der Waals surface area contributed by atoms with E-state index in [4.69, 9.17) is 22.9 Å². The van der Waals surface area contributed by atoms with Gasteiger partial charge in [-0.05, 0) is 68.4 Å². The van der Waals surface area contributed by atoms with Gasteiger partial charge in [0.05, 0.1) is 18.7 Å². The lowest BCUT2D eigenvalue weighted by molar-refractivity contribution is -0.142. The fourth-order valence-corrected chi connectivity index (χ4v) is 13.6. The van der Waals surface area contributed by atoms with E-state index in [0.717, 1.165) is 24.6 Å². The molecule has 2 heterocycles. The Morgan fingerprint density at radius 3 is 2.14 bits per heavy atom. The van der Waals surface area contributed by atoms with E-state index < -0.39 is 119 Å². The second-order valence-corrected chi connectivity index (χ2v) is 23.7. The zero-order chi connectivity index (χ0) is 58.1. The van der Waals surface area contributed by atoms with E-state index in [9.17, 15) is 38.4 Å². The summed E-state index contributed by atoms with van der Waals surface area (Å²) < 4.78 is -0.747. The van der Waals surface area contributed by atoms with Crippen LogP contribution in [0.5, 0.6) is 0 Å². The van der Waals surface area contributed by atoms with Crippen LogP contribution in [-0.2, 0) is 54.4 Å². The molecule has 2 saturated heterocycles. The number of rotatable bonds is 16. The highest BCUT2D eigenvalue weighted by Gasteiger charge is 2.43. The van der Waals surface area contributed by atoms with Crippen molar-refractivity contribution in [2.75, 3.05) is 30.3 Å². The first-order valence-electron chi connectivity index (χ1n) is 27.0. The van der Waals surface area contributed by atoms with Gasteiger partial charge in [0.25, 0.3) is 0 Å². The van der Waals surface area contributed by atoms with Gasteiger partial charge in [-0.2, -0.15) is 0 Å². The van der Waals surface area contributed by atoms with Crippen LogP contribution in [0.1, 0.15) is 97.0 Å². The molecule has 0 radical (unpaired) electrons. The minimum absolute atomic E-state index is 0.00795. The minimum atomic E-state index is -1.66. The molecule has 1 spiro atoms. The van der Waals surface area contributed by atoms with Gasteiger partial charge >= 0.3 is 0 Å². The highest BCUT2D eigenvalue weighted by Crippen LogP contribution is 2.49. The number of nitrogens with two attached hydrogens (primary N) is 4. The number of guanidine groups is 1. The molecule has 432 valence electrons. The number of hydrogen-bond acceptors (Lipinski definition) is 13. The number of carbonyl (C=O) groups excluding carboxylic acids is 10. The van der Waals surface area contributed by atoms with Gasteiger partial charge in [0.15, 0.2) is 5.96 Å². The van der Waals surface area contributed by atoms with Crippen LogP contribution in [0.25, 0.3) is 10.8 Å². The largest absolute Gasteiger partial charge is 0.370 e. The third kappa shape index (κ3) is 17.1. The van der Waals surface area contributed by atoms with E-state index in [1.165, 1.54) is 31.4 Å². The number of anilines is 1. The Kier molecular flexibility index (Phi) is 22.5. The Hall–Kier alpha value is -7.41. The molecule has 1 aliphatic carbocycles. The van der Waals surface area contributed by atoms with Gasteiger partial charge < -0.3 is 59.7 Å². The number of likely N-dealkylation sites (tertiary alicyclic amines) is 1. The lowest BCUT2D eigenvalue weighted by Crippen LogP contribution is -2.61. The summed E-state index contributed by atoms with van der Waals surface area (Å²) in [5.41, 5.74) is 23.1. The van der Waals surface area contributed by atoms with Crippen LogP contribution in [0, 0.1) is 5.92 Å². The fraction of sp³-hybridized carbons (Fsp3) is 0.509. The van der Waals surface area contributed by atoms with Crippen LogP contribution in [0.4, 0.5) is 5.69 Å². The minimum Gasteiger partial charge on any atom is -0.370 e. The van der Waals surface area contributed by atoms with Crippen molar-refractivity contribution in [2.45, 2.75) is 145 Å². The zero-order valence-corrected chi connectivity index (χ0v) is 47.0. The van der Waals surface area contributed by atoms with E-state index in [-0.39, 0.29) is 62.8 Å². The number of nitrogens with one attached hydrogen (secondary N) is 6. The highest BCUT2D eigenvalue weighted by molar-refractivity contribution is 8.77. The van der Waals surface area contributed by atoms with Crippen LogP contribution < -0.4 is 59.7 Å². The SMILES string of the molecule is CC(C)C1NC(=O)[C@H](Cc2ccccc2)NC(=O)[C@@H](C)N(c2cccc3ccccc23)C(=O)CC2(CCCCC2)SSC[C@@H](C(=O)N2CCC[C@H]2C(=O)N[C@@H](CCCN=C(N)N)C(=O)NCC(N)=O)NC(=O)C(CC(N)=O)NC1=O. The average molecular weight is 1140 g/mol. The molecule has 3 fully saturated rings. The van der Waals surface area contributed by atoms with Gasteiger partial charge in [-0.25, -0.2) is 0 Å². The Bertz CT molecular complexity index is 2770. The van der Waals surface area contributed by atoms with Gasteiger partial charge in [0.2, 0.25) is 59.1 Å². The Balaban J connectivity index is 1.39. The summed E-state index contributed by atoms with van der Waals surface area (Å²) in [6.07, 6.45) is 3.68. The fourth-order valence-electron chi connectivity index (χ4n) is 10.3. The third-order valence-corrected chi connectivity index (χ3v) is 17.8. The molecular weight excluding hydrogens is 1070 g/mol. The normalized spacial score (nSPS) is 23.0. The highest BCUT2D eigenvalue weighted by atomic mass is 33.1. The molecule has 25 heteroatoms. The molecule has 2 unspecified atom stereocenters. The molecule has 23 nitrogen and oxygen atoms in total. The van der Waals surface area contributed by atoms with Crippen LogP contribution in [0.15, 0.2) is 77.8 Å². The molecule has 3 aliphatic rings. The molecule has 1 saturated carbocycles. The predicted molar refractivity (Wildman–Crippen MR) is 307 cm³/mol. The molecular formula is C55H75N13O10S2. The Morgan fingerprint density at radius 1 is 0.775 bits per heavy atom. The second kappa shape index (κ2) is 29.2. The number of benzene rings is 3. The maximum absolute atomic E-state index is 15.4. The molecule has 3 aromatic carbocycles. The smallest absolute Gasteiger partial charge is 0.246 e. The average Bonchev–Trinajstić information content (AvgIpc) is 3.97. The van der Waals surface area contributed by atoms with Crippen LogP contribution in [0.3, 0.4) is 0 Å². The van der Waals surface area contributed by atoms with Crippen LogP contribution >= 0.6 is 21.6 Å².